The van der Waals surface area contributed by atoms with E-state index in [1.165, 1.54) is 19.2 Å². The van der Waals surface area contributed by atoms with Crippen molar-refractivity contribution >= 4 is 46.4 Å². The highest BCUT2D eigenvalue weighted by Crippen LogP contribution is 2.32. The summed E-state index contributed by atoms with van der Waals surface area (Å²) in [5.41, 5.74) is 0.652. The van der Waals surface area contributed by atoms with Gasteiger partial charge in [-0.1, -0.05) is 46.9 Å². The van der Waals surface area contributed by atoms with Crippen molar-refractivity contribution in [2.45, 2.75) is 0 Å². The Morgan fingerprint density at radius 1 is 1.05 bits per heavy atom. The molecule has 0 saturated heterocycles. The van der Waals surface area contributed by atoms with Gasteiger partial charge in [0, 0.05) is 0 Å². The van der Waals surface area contributed by atoms with Crippen molar-refractivity contribution < 1.29 is 9.53 Å². The van der Waals surface area contributed by atoms with Crippen LogP contribution < -0.4 is 10.1 Å². The molecule has 0 spiro atoms. The SMILES string of the molecule is COc1ccccc1NC(=O)c1c(Cl)ccc(Cl)c1Cl. The molecule has 0 heterocycles. The third kappa shape index (κ3) is 3.01. The third-order valence-electron chi connectivity index (χ3n) is 2.63. The topological polar surface area (TPSA) is 38.3 Å². The van der Waals surface area contributed by atoms with Crippen LogP contribution >= 0.6 is 34.8 Å². The van der Waals surface area contributed by atoms with E-state index >= 15 is 0 Å². The van der Waals surface area contributed by atoms with Gasteiger partial charge < -0.3 is 10.1 Å². The molecule has 20 heavy (non-hydrogen) atoms. The molecule has 2 aromatic rings. The molecule has 1 amide bonds. The summed E-state index contributed by atoms with van der Waals surface area (Å²) in [6.45, 7) is 0. The summed E-state index contributed by atoms with van der Waals surface area (Å²) < 4.78 is 5.16. The number of benzene rings is 2. The van der Waals surface area contributed by atoms with Gasteiger partial charge in [0.1, 0.15) is 5.75 Å². The highest BCUT2D eigenvalue weighted by atomic mass is 35.5. The smallest absolute Gasteiger partial charge is 0.258 e. The average molecular weight is 331 g/mol. The molecular weight excluding hydrogens is 321 g/mol. The molecule has 0 bridgehead atoms. The van der Waals surface area contributed by atoms with Gasteiger partial charge in [0.05, 0.1) is 33.4 Å². The van der Waals surface area contributed by atoms with E-state index in [1.807, 2.05) is 0 Å². The van der Waals surface area contributed by atoms with Gasteiger partial charge in [0.2, 0.25) is 0 Å². The van der Waals surface area contributed by atoms with Crippen LogP contribution in [0, 0.1) is 0 Å². The second-order valence-corrected chi connectivity index (χ2v) is 5.06. The van der Waals surface area contributed by atoms with E-state index < -0.39 is 5.91 Å². The minimum absolute atomic E-state index is 0.117. The number of rotatable bonds is 3. The van der Waals surface area contributed by atoms with Crippen LogP contribution in [0.15, 0.2) is 36.4 Å². The Hall–Kier alpha value is -1.42. The van der Waals surface area contributed by atoms with E-state index in [4.69, 9.17) is 39.5 Å². The number of nitrogens with one attached hydrogen (secondary N) is 1. The fourth-order valence-electron chi connectivity index (χ4n) is 1.67. The predicted molar refractivity (Wildman–Crippen MR) is 82.4 cm³/mol. The largest absolute Gasteiger partial charge is 0.495 e. The van der Waals surface area contributed by atoms with Crippen LogP contribution in [0.2, 0.25) is 15.1 Å². The first-order chi connectivity index (χ1) is 9.54. The number of para-hydroxylation sites is 2. The highest BCUT2D eigenvalue weighted by Gasteiger charge is 2.18. The van der Waals surface area contributed by atoms with Crippen LogP contribution in [-0.2, 0) is 0 Å². The molecule has 6 heteroatoms. The van der Waals surface area contributed by atoms with E-state index in [-0.39, 0.29) is 20.6 Å². The summed E-state index contributed by atoms with van der Waals surface area (Å²) in [7, 11) is 1.52. The van der Waals surface area contributed by atoms with Gasteiger partial charge in [-0.25, -0.2) is 0 Å². The van der Waals surface area contributed by atoms with Crippen molar-refractivity contribution in [3.05, 3.63) is 57.0 Å². The maximum absolute atomic E-state index is 12.3. The van der Waals surface area contributed by atoms with E-state index in [0.29, 0.717) is 11.4 Å². The lowest BCUT2D eigenvalue weighted by Gasteiger charge is -2.12. The molecule has 0 aliphatic rings. The zero-order valence-corrected chi connectivity index (χ0v) is 12.7. The first-order valence-electron chi connectivity index (χ1n) is 5.62. The maximum atomic E-state index is 12.3. The van der Waals surface area contributed by atoms with Crippen LogP contribution in [-0.4, -0.2) is 13.0 Å². The molecule has 0 radical (unpaired) electrons. The number of carbonyl (C=O) groups is 1. The molecule has 0 fully saturated rings. The standard InChI is InChI=1S/C14H10Cl3NO2/c1-20-11-5-3-2-4-10(11)18-14(19)12-8(15)6-7-9(16)13(12)17/h2-7H,1H3,(H,18,19). The lowest BCUT2D eigenvalue weighted by molar-refractivity contribution is 0.102. The van der Waals surface area contributed by atoms with Gasteiger partial charge >= 0.3 is 0 Å². The maximum Gasteiger partial charge on any atom is 0.258 e. The molecule has 0 atom stereocenters. The molecule has 1 N–H and O–H groups in total. The Morgan fingerprint density at radius 3 is 2.40 bits per heavy atom. The fraction of sp³-hybridized carbons (Fsp3) is 0.0714. The van der Waals surface area contributed by atoms with Crippen molar-refractivity contribution in [1.82, 2.24) is 0 Å². The van der Waals surface area contributed by atoms with Gasteiger partial charge in [-0.05, 0) is 24.3 Å². The minimum Gasteiger partial charge on any atom is -0.495 e. The molecular formula is C14H10Cl3NO2. The van der Waals surface area contributed by atoms with Gasteiger partial charge in [-0.2, -0.15) is 0 Å². The van der Waals surface area contributed by atoms with Gasteiger partial charge in [0.15, 0.2) is 0 Å². The summed E-state index contributed by atoms with van der Waals surface area (Å²) in [5, 5.41) is 3.31. The minimum atomic E-state index is -0.452. The summed E-state index contributed by atoms with van der Waals surface area (Å²) in [6, 6.07) is 10.1. The van der Waals surface area contributed by atoms with Crippen LogP contribution in [0.1, 0.15) is 10.4 Å². The van der Waals surface area contributed by atoms with E-state index in [2.05, 4.69) is 5.32 Å². The molecule has 0 aromatic heterocycles. The second kappa shape index (κ2) is 6.35. The van der Waals surface area contributed by atoms with Crippen molar-refractivity contribution in [3.63, 3.8) is 0 Å². The Labute approximate surface area is 131 Å². The first kappa shape index (κ1) is 15.0. The number of carbonyl (C=O) groups excluding carboxylic acids is 1. The molecule has 2 aromatic carbocycles. The Balaban J connectivity index is 2.36. The van der Waals surface area contributed by atoms with Crippen molar-refractivity contribution in [2.24, 2.45) is 0 Å². The van der Waals surface area contributed by atoms with Gasteiger partial charge in [0.25, 0.3) is 5.91 Å². The van der Waals surface area contributed by atoms with Crippen LogP contribution in [0.25, 0.3) is 0 Å². The van der Waals surface area contributed by atoms with Gasteiger partial charge in [-0.15, -0.1) is 0 Å². The molecule has 0 aliphatic carbocycles. The van der Waals surface area contributed by atoms with Crippen LogP contribution in [0.3, 0.4) is 0 Å². The van der Waals surface area contributed by atoms with E-state index in [1.54, 1.807) is 24.3 Å². The number of amides is 1. The number of methoxy groups -OCH3 is 1. The number of anilines is 1. The van der Waals surface area contributed by atoms with E-state index in [0.717, 1.165) is 0 Å². The fourth-order valence-corrected chi connectivity index (χ4v) is 2.37. The van der Waals surface area contributed by atoms with Crippen LogP contribution in [0.4, 0.5) is 5.69 Å². The quantitative estimate of drug-likeness (QED) is 0.812. The lowest BCUT2D eigenvalue weighted by atomic mass is 10.2. The monoisotopic (exact) mass is 329 g/mol. The van der Waals surface area contributed by atoms with Crippen molar-refractivity contribution in [2.75, 3.05) is 12.4 Å². The number of hydrogen-bond donors (Lipinski definition) is 1. The molecule has 0 saturated carbocycles. The lowest BCUT2D eigenvalue weighted by Crippen LogP contribution is -2.14. The molecule has 104 valence electrons. The van der Waals surface area contributed by atoms with Crippen molar-refractivity contribution in [1.29, 1.82) is 0 Å². The zero-order valence-electron chi connectivity index (χ0n) is 10.4. The zero-order chi connectivity index (χ0) is 14.7. The molecule has 0 aliphatic heterocycles. The first-order valence-corrected chi connectivity index (χ1v) is 6.76. The molecule has 3 nitrogen and oxygen atoms in total. The van der Waals surface area contributed by atoms with Crippen LogP contribution in [0.5, 0.6) is 5.75 Å². The molecule has 0 unspecified atom stereocenters. The van der Waals surface area contributed by atoms with Crippen molar-refractivity contribution in [3.8, 4) is 5.75 Å². The summed E-state index contributed by atoms with van der Waals surface area (Å²) >= 11 is 17.9. The number of ether oxygens (including phenoxy) is 1. The third-order valence-corrected chi connectivity index (χ3v) is 3.75. The Kier molecular flexibility index (Phi) is 4.76. The number of halogens is 3. The Bertz CT molecular complexity index is 659. The average Bonchev–Trinajstić information content (AvgIpc) is 2.44. The van der Waals surface area contributed by atoms with Gasteiger partial charge in [-0.3, -0.25) is 4.79 Å². The number of hydrogen-bond acceptors (Lipinski definition) is 2. The second-order valence-electron chi connectivity index (χ2n) is 3.87. The van der Waals surface area contributed by atoms with E-state index in [9.17, 15) is 4.79 Å². The summed E-state index contributed by atoms with van der Waals surface area (Å²) in [6.07, 6.45) is 0. The molecule has 2 rings (SSSR count). The summed E-state index contributed by atoms with van der Waals surface area (Å²) in [4.78, 5) is 12.3. The Morgan fingerprint density at radius 2 is 1.70 bits per heavy atom. The summed E-state index contributed by atoms with van der Waals surface area (Å²) in [5.74, 6) is 0.0853. The normalized spacial score (nSPS) is 10.2. The highest BCUT2D eigenvalue weighted by molar-refractivity contribution is 6.46. The predicted octanol–water partition coefficient (Wildman–Crippen LogP) is 4.91.